The van der Waals surface area contributed by atoms with Crippen molar-refractivity contribution in [2.75, 3.05) is 31.1 Å². The number of nitrogens with zero attached hydrogens (tertiary/aromatic N) is 6. The summed E-state index contributed by atoms with van der Waals surface area (Å²) in [6.45, 7) is 3.09. The van der Waals surface area contributed by atoms with Gasteiger partial charge >= 0.3 is 6.03 Å². The van der Waals surface area contributed by atoms with Crippen molar-refractivity contribution in [2.24, 2.45) is 0 Å². The molecule has 0 aromatic carbocycles. The number of hydrogen-bond acceptors (Lipinski definition) is 6. The minimum atomic E-state index is 0.0452. The molecule has 0 spiro atoms. The number of carbonyl (C=O) groups excluding carboxylic acids is 2. The summed E-state index contributed by atoms with van der Waals surface area (Å²) in [6.07, 6.45) is 4.75. The van der Waals surface area contributed by atoms with E-state index in [9.17, 15) is 9.59 Å². The summed E-state index contributed by atoms with van der Waals surface area (Å²) >= 11 is 5.95. The second kappa shape index (κ2) is 6.16. The number of rotatable bonds is 4. The molecule has 2 saturated heterocycles. The van der Waals surface area contributed by atoms with Crippen LogP contribution in [0.15, 0.2) is 0 Å². The maximum Gasteiger partial charge on any atom is 0.320 e. The Bertz CT molecular complexity index is 667. The number of urea groups is 1. The first-order chi connectivity index (χ1) is 11.7. The van der Waals surface area contributed by atoms with E-state index in [1.54, 1.807) is 0 Å². The van der Waals surface area contributed by atoms with Crippen molar-refractivity contribution in [3.05, 3.63) is 10.8 Å². The summed E-state index contributed by atoms with van der Waals surface area (Å²) in [7, 11) is 0. The Morgan fingerprint density at radius 1 is 1.04 bits per heavy atom. The van der Waals surface area contributed by atoms with E-state index in [0.717, 1.165) is 45.3 Å². The van der Waals surface area contributed by atoms with Crippen molar-refractivity contribution in [1.29, 1.82) is 0 Å². The Morgan fingerprint density at radius 3 is 2.46 bits per heavy atom. The van der Waals surface area contributed by atoms with Crippen molar-refractivity contribution in [2.45, 2.75) is 37.8 Å². The second-order valence-electron chi connectivity index (χ2n) is 6.55. The topological polar surface area (TPSA) is 82.5 Å². The molecule has 3 aliphatic rings. The lowest BCUT2D eigenvalue weighted by atomic mass is 10.0. The molecule has 1 aliphatic carbocycles. The molecular weight excluding hydrogens is 332 g/mol. The van der Waals surface area contributed by atoms with Gasteiger partial charge in [-0.25, -0.2) is 4.79 Å². The van der Waals surface area contributed by atoms with Crippen LogP contribution in [-0.4, -0.2) is 75.6 Å². The molecule has 0 N–H and O–H groups in total. The highest BCUT2D eigenvalue weighted by Gasteiger charge is 2.42. The summed E-state index contributed by atoms with van der Waals surface area (Å²) in [6, 6.07) is 0.783. The third-order valence-corrected chi connectivity index (χ3v) is 5.23. The van der Waals surface area contributed by atoms with Crippen molar-refractivity contribution < 1.29 is 9.59 Å². The highest BCUT2D eigenvalue weighted by Crippen LogP contribution is 2.32. The van der Waals surface area contributed by atoms with Crippen molar-refractivity contribution >= 4 is 29.9 Å². The molecule has 0 radical (unpaired) electrons. The molecule has 0 bridgehead atoms. The monoisotopic (exact) mass is 350 g/mol. The van der Waals surface area contributed by atoms with Gasteiger partial charge < -0.3 is 14.7 Å². The van der Waals surface area contributed by atoms with E-state index < -0.39 is 0 Å². The molecule has 3 heterocycles. The van der Waals surface area contributed by atoms with Gasteiger partial charge in [-0.05, 0) is 25.7 Å². The van der Waals surface area contributed by atoms with E-state index in [2.05, 4.69) is 15.2 Å². The number of amides is 2. The summed E-state index contributed by atoms with van der Waals surface area (Å²) in [4.78, 5) is 33.5. The fourth-order valence-corrected chi connectivity index (χ4v) is 3.70. The van der Waals surface area contributed by atoms with E-state index in [1.807, 2.05) is 14.7 Å². The lowest BCUT2D eigenvalue weighted by Gasteiger charge is -2.37. The van der Waals surface area contributed by atoms with E-state index in [4.69, 9.17) is 11.6 Å². The average Bonchev–Trinajstić information content (AvgIpc) is 3.37. The van der Waals surface area contributed by atoms with Crippen LogP contribution in [-0.2, 0) is 0 Å². The molecule has 8 nitrogen and oxygen atoms in total. The summed E-state index contributed by atoms with van der Waals surface area (Å²) < 4.78 is 0. The standard InChI is InChI=1S/C15H19ClN6O2/c16-13-12(9-23)18-19-14(17-13)20-5-1-2-11(8-20)22-7-6-21(15(22)24)10-3-4-10/h9-11H,1-8H2. The quantitative estimate of drug-likeness (QED) is 0.759. The first kappa shape index (κ1) is 15.6. The molecule has 1 aromatic rings. The molecular formula is C15H19ClN6O2. The van der Waals surface area contributed by atoms with Crippen LogP contribution in [0.1, 0.15) is 36.2 Å². The van der Waals surface area contributed by atoms with Crippen LogP contribution in [0.5, 0.6) is 0 Å². The molecule has 1 aromatic heterocycles. The lowest BCUT2D eigenvalue weighted by Crippen LogP contribution is -2.50. The third-order valence-electron chi connectivity index (χ3n) is 4.95. The Labute approximate surface area is 144 Å². The molecule has 3 fully saturated rings. The van der Waals surface area contributed by atoms with Crippen LogP contribution in [0, 0.1) is 0 Å². The summed E-state index contributed by atoms with van der Waals surface area (Å²) in [5, 5.41) is 7.88. The van der Waals surface area contributed by atoms with Gasteiger partial charge in [-0.3, -0.25) is 4.79 Å². The van der Waals surface area contributed by atoms with E-state index >= 15 is 0 Å². The molecule has 1 unspecified atom stereocenters. The van der Waals surface area contributed by atoms with Crippen LogP contribution in [0.2, 0.25) is 5.15 Å². The maximum atomic E-state index is 12.6. The largest absolute Gasteiger partial charge is 0.337 e. The molecule has 128 valence electrons. The number of halogens is 1. The van der Waals surface area contributed by atoms with Crippen molar-refractivity contribution in [1.82, 2.24) is 25.0 Å². The van der Waals surface area contributed by atoms with Gasteiger partial charge in [-0.1, -0.05) is 11.6 Å². The number of aromatic nitrogens is 3. The molecule has 4 rings (SSSR count). The van der Waals surface area contributed by atoms with Crippen LogP contribution in [0.25, 0.3) is 0 Å². The lowest BCUT2D eigenvalue weighted by molar-refractivity contribution is 0.111. The number of anilines is 1. The second-order valence-corrected chi connectivity index (χ2v) is 6.91. The minimum Gasteiger partial charge on any atom is -0.337 e. The number of hydrogen-bond donors (Lipinski definition) is 0. The Kier molecular flexibility index (Phi) is 3.99. The fourth-order valence-electron chi connectivity index (χ4n) is 3.54. The van der Waals surface area contributed by atoms with Crippen LogP contribution < -0.4 is 4.90 Å². The van der Waals surface area contributed by atoms with Crippen LogP contribution in [0.3, 0.4) is 0 Å². The summed E-state index contributed by atoms with van der Waals surface area (Å²) in [5.74, 6) is 0.418. The van der Waals surface area contributed by atoms with Crippen LogP contribution >= 0.6 is 11.6 Å². The van der Waals surface area contributed by atoms with Gasteiger partial charge in [0.25, 0.3) is 0 Å². The highest BCUT2D eigenvalue weighted by molar-refractivity contribution is 6.31. The van der Waals surface area contributed by atoms with E-state index in [1.165, 1.54) is 0 Å². The molecule has 2 amide bonds. The number of piperidine rings is 1. The van der Waals surface area contributed by atoms with Gasteiger partial charge in [-0.15, -0.1) is 10.2 Å². The van der Waals surface area contributed by atoms with Gasteiger partial charge in [0.15, 0.2) is 17.1 Å². The zero-order valence-electron chi connectivity index (χ0n) is 13.3. The minimum absolute atomic E-state index is 0.0452. The predicted molar refractivity (Wildman–Crippen MR) is 87.3 cm³/mol. The smallest absolute Gasteiger partial charge is 0.320 e. The van der Waals surface area contributed by atoms with Crippen LogP contribution in [0.4, 0.5) is 10.7 Å². The molecule has 1 atom stereocenters. The zero-order chi connectivity index (χ0) is 16.7. The Balaban J connectivity index is 1.46. The number of aldehydes is 1. The molecule has 9 heteroatoms. The summed E-state index contributed by atoms with van der Waals surface area (Å²) in [5.41, 5.74) is 0.0452. The van der Waals surface area contributed by atoms with Gasteiger partial charge in [0, 0.05) is 32.2 Å². The van der Waals surface area contributed by atoms with E-state index in [-0.39, 0.29) is 22.9 Å². The van der Waals surface area contributed by atoms with E-state index in [0.29, 0.717) is 24.8 Å². The first-order valence-corrected chi connectivity index (χ1v) is 8.72. The predicted octanol–water partition coefficient (Wildman–Crippen LogP) is 1.21. The third kappa shape index (κ3) is 2.79. The maximum absolute atomic E-state index is 12.6. The van der Waals surface area contributed by atoms with Gasteiger partial charge in [0.2, 0.25) is 5.95 Å². The Morgan fingerprint density at radius 2 is 1.79 bits per heavy atom. The van der Waals surface area contributed by atoms with Gasteiger partial charge in [-0.2, -0.15) is 4.98 Å². The van der Waals surface area contributed by atoms with Crippen molar-refractivity contribution in [3.8, 4) is 0 Å². The molecule has 2 aliphatic heterocycles. The normalized spacial score (nSPS) is 24.6. The fraction of sp³-hybridized carbons (Fsp3) is 0.667. The first-order valence-electron chi connectivity index (χ1n) is 8.35. The van der Waals surface area contributed by atoms with Crippen molar-refractivity contribution in [3.63, 3.8) is 0 Å². The van der Waals surface area contributed by atoms with Gasteiger partial charge in [0.1, 0.15) is 0 Å². The SMILES string of the molecule is O=Cc1nnc(N2CCCC(N3CCN(C4CC4)C3=O)C2)nc1Cl. The Hall–Kier alpha value is -1.96. The highest BCUT2D eigenvalue weighted by atomic mass is 35.5. The van der Waals surface area contributed by atoms with Gasteiger partial charge in [0.05, 0.1) is 6.04 Å². The molecule has 24 heavy (non-hydrogen) atoms. The zero-order valence-corrected chi connectivity index (χ0v) is 14.0. The number of carbonyl (C=O) groups is 2. The average molecular weight is 351 g/mol. The molecule has 1 saturated carbocycles.